The Balaban J connectivity index is 3.80. The Morgan fingerprint density at radius 2 is 2.00 bits per heavy atom. The van der Waals surface area contributed by atoms with E-state index in [1.807, 2.05) is 0 Å². The molecule has 0 saturated heterocycles. The maximum absolute atomic E-state index is 11.7. The van der Waals surface area contributed by atoms with E-state index in [4.69, 9.17) is 5.73 Å². The summed E-state index contributed by atoms with van der Waals surface area (Å²) in [6, 6.07) is 0. The van der Waals surface area contributed by atoms with Crippen LogP contribution in [0.1, 0.15) is 39.5 Å². The number of amides is 1. The fourth-order valence-corrected chi connectivity index (χ4v) is 1.57. The number of carbonyl (C=O) groups excluding carboxylic acids is 1. The quantitative estimate of drug-likeness (QED) is 0.362. The number of rotatable bonds is 8. The maximum atomic E-state index is 11.7. The zero-order valence-electron chi connectivity index (χ0n) is 9.83. The molecule has 0 atom stereocenters. The second-order valence-corrected chi connectivity index (χ2v) is 3.62. The lowest BCUT2D eigenvalue weighted by Gasteiger charge is -2.14. The van der Waals surface area contributed by atoms with Crippen LogP contribution in [0.4, 0.5) is 0 Å². The third-order valence-corrected chi connectivity index (χ3v) is 2.29. The molecule has 0 fully saturated rings. The summed E-state index contributed by atoms with van der Waals surface area (Å²) in [6.07, 6.45) is 5.32. The van der Waals surface area contributed by atoms with Crippen LogP contribution in [0.25, 0.3) is 0 Å². The smallest absolute Gasteiger partial charge is 0.223 e. The number of carbonyl (C=O) groups is 1. The molecule has 0 aromatic carbocycles. The number of aliphatic imine (C=N–C) groups is 1. The second-order valence-electron chi connectivity index (χ2n) is 3.62. The highest BCUT2D eigenvalue weighted by molar-refractivity contribution is 5.78. The van der Waals surface area contributed by atoms with Crippen LogP contribution >= 0.6 is 0 Å². The van der Waals surface area contributed by atoms with Crippen molar-refractivity contribution in [1.29, 1.82) is 0 Å². The van der Waals surface area contributed by atoms with E-state index in [9.17, 15) is 4.79 Å². The minimum atomic E-state index is 0.158. The lowest BCUT2D eigenvalue weighted by atomic mass is 9.97. The minimum absolute atomic E-state index is 0.158. The van der Waals surface area contributed by atoms with Gasteiger partial charge in [-0.05, 0) is 12.8 Å². The van der Waals surface area contributed by atoms with Crippen molar-refractivity contribution in [1.82, 2.24) is 5.32 Å². The van der Waals surface area contributed by atoms with Crippen molar-refractivity contribution in [3.63, 3.8) is 0 Å². The lowest BCUT2D eigenvalue weighted by molar-refractivity contribution is -0.125. The van der Waals surface area contributed by atoms with E-state index < -0.39 is 0 Å². The lowest BCUT2D eigenvalue weighted by Crippen LogP contribution is -2.32. The monoisotopic (exact) mass is 213 g/mol. The predicted molar refractivity (Wildman–Crippen MR) is 63.9 cm³/mol. The zero-order chi connectivity index (χ0) is 11.5. The van der Waals surface area contributed by atoms with Crippen LogP contribution in [0.2, 0.25) is 0 Å². The van der Waals surface area contributed by atoms with Crippen LogP contribution in [0, 0.1) is 5.92 Å². The molecule has 0 aliphatic rings. The number of nitrogens with zero attached hydrogens (tertiary/aromatic N) is 1. The van der Waals surface area contributed by atoms with Gasteiger partial charge in [-0.15, -0.1) is 0 Å². The molecule has 15 heavy (non-hydrogen) atoms. The van der Waals surface area contributed by atoms with Crippen molar-refractivity contribution in [3.8, 4) is 0 Å². The van der Waals surface area contributed by atoms with Crippen molar-refractivity contribution < 1.29 is 4.79 Å². The third kappa shape index (κ3) is 6.94. The Hall–Kier alpha value is -1.06. The number of nitrogens with two attached hydrogens (primary N) is 1. The van der Waals surface area contributed by atoms with Gasteiger partial charge in [-0.2, -0.15) is 0 Å². The SMILES string of the molecule is CCCC(CCC)C(=O)NCCN=CN. The van der Waals surface area contributed by atoms with Crippen molar-refractivity contribution in [2.24, 2.45) is 16.6 Å². The molecule has 3 N–H and O–H groups in total. The van der Waals surface area contributed by atoms with Crippen molar-refractivity contribution in [3.05, 3.63) is 0 Å². The molecule has 0 aromatic rings. The molecule has 0 aliphatic heterocycles. The molecule has 0 aliphatic carbocycles. The summed E-state index contributed by atoms with van der Waals surface area (Å²) < 4.78 is 0. The first-order valence-corrected chi connectivity index (χ1v) is 5.73. The molecule has 0 rings (SSSR count). The molecule has 0 aromatic heterocycles. The van der Waals surface area contributed by atoms with Crippen LogP contribution < -0.4 is 11.1 Å². The van der Waals surface area contributed by atoms with E-state index in [1.165, 1.54) is 6.34 Å². The summed E-state index contributed by atoms with van der Waals surface area (Å²) in [4.78, 5) is 15.5. The Labute approximate surface area is 92.3 Å². The van der Waals surface area contributed by atoms with Crippen LogP contribution in [-0.2, 0) is 4.79 Å². The predicted octanol–water partition coefficient (Wildman–Crippen LogP) is 1.31. The summed E-state index contributed by atoms with van der Waals surface area (Å²) in [5, 5.41) is 2.88. The third-order valence-electron chi connectivity index (χ3n) is 2.29. The largest absolute Gasteiger partial charge is 0.390 e. The first-order valence-electron chi connectivity index (χ1n) is 5.73. The highest BCUT2D eigenvalue weighted by Gasteiger charge is 2.15. The van der Waals surface area contributed by atoms with E-state index in [0.29, 0.717) is 13.1 Å². The zero-order valence-corrected chi connectivity index (χ0v) is 9.83. The van der Waals surface area contributed by atoms with E-state index >= 15 is 0 Å². The van der Waals surface area contributed by atoms with Crippen LogP contribution in [-0.4, -0.2) is 25.3 Å². The highest BCUT2D eigenvalue weighted by atomic mass is 16.1. The molecular weight excluding hydrogens is 190 g/mol. The molecule has 0 bridgehead atoms. The Morgan fingerprint density at radius 1 is 1.40 bits per heavy atom. The summed E-state index contributed by atoms with van der Waals surface area (Å²) >= 11 is 0. The van der Waals surface area contributed by atoms with E-state index in [-0.39, 0.29) is 11.8 Å². The topological polar surface area (TPSA) is 67.5 Å². The average Bonchev–Trinajstić information content (AvgIpc) is 2.24. The molecular formula is C11H23N3O. The summed E-state index contributed by atoms with van der Waals surface area (Å²) in [5.74, 6) is 0.327. The van der Waals surface area contributed by atoms with Gasteiger partial charge in [-0.1, -0.05) is 26.7 Å². The summed E-state index contributed by atoms with van der Waals surface area (Å²) in [6.45, 7) is 5.35. The Bertz CT molecular complexity index is 186. The number of nitrogens with one attached hydrogen (secondary N) is 1. The van der Waals surface area contributed by atoms with Gasteiger partial charge in [0.05, 0.1) is 12.9 Å². The van der Waals surface area contributed by atoms with Gasteiger partial charge in [0.2, 0.25) is 5.91 Å². The van der Waals surface area contributed by atoms with Gasteiger partial charge in [-0.3, -0.25) is 9.79 Å². The molecule has 88 valence electrons. The standard InChI is InChI=1S/C11H23N3O/c1-3-5-10(6-4-2)11(15)14-8-7-13-9-12/h9-10H,3-8H2,1-2H3,(H2,12,13)(H,14,15). The molecule has 0 saturated carbocycles. The first kappa shape index (κ1) is 13.9. The van der Waals surface area contributed by atoms with Gasteiger partial charge in [-0.25, -0.2) is 0 Å². The summed E-state index contributed by atoms with van der Waals surface area (Å²) in [5.41, 5.74) is 5.10. The molecule has 1 amide bonds. The van der Waals surface area contributed by atoms with Crippen molar-refractivity contribution in [2.45, 2.75) is 39.5 Å². The minimum Gasteiger partial charge on any atom is -0.390 e. The van der Waals surface area contributed by atoms with Gasteiger partial charge >= 0.3 is 0 Å². The molecule has 0 heterocycles. The Morgan fingerprint density at radius 3 is 2.47 bits per heavy atom. The highest BCUT2D eigenvalue weighted by Crippen LogP contribution is 2.13. The van der Waals surface area contributed by atoms with E-state index in [1.54, 1.807) is 0 Å². The fourth-order valence-electron chi connectivity index (χ4n) is 1.57. The van der Waals surface area contributed by atoms with Gasteiger partial charge in [0.15, 0.2) is 0 Å². The van der Waals surface area contributed by atoms with E-state index in [2.05, 4.69) is 24.2 Å². The summed E-state index contributed by atoms with van der Waals surface area (Å²) in [7, 11) is 0. The van der Waals surface area contributed by atoms with Crippen LogP contribution in [0.3, 0.4) is 0 Å². The molecule has 0 unspecified atom stereocenters. The van der Waals surface area contributed by atoms with Crippen LogP contribution in [0.5, 0.6) is 0 Å². The molecule has 0 radical (unpaired) electrons. The fraction of sp³-hybridized carbons (Fsp3) is 0.818. The number of hydrogen-bond donors (Lipinski definition) is 2. The number of hydrogen-bond acceptors (Lipinski definition) is 2. The first-order chi connectivity index (χ1) is 7.26. The molecule has 0 spiro atoms. The van der Waals surface area contributed by atoms with Crippen molar-refractivity contribution in [2.75, 3.05) is 13.1 Å². The van der Waals surface area contributed by atoms with Crippen molar-refractivity contribution >= 4 is 12.2 Å². The average molecular weight is 213 g/mol. The molecule has 4 heteroatoms. The van der Waals surface area contributed by atoms with Crippen LogP contribution in [0.15, 0.2) is 4.99 Å². The van der Waals surface area contributed by atoms with Gasteiger partial charge in [0, 0.05) is 12.5 Å². The second kappa shape index (κ2) is 9.49. The Kier molecular flexibility index (Phi) is 8.82. The van der Waals surface area contributed by atoms with Gasteiger partial charge < -0.3 is 11.1 Å². The normalized spacial score (nSPS) is 11.1. The molecule has 4 nitrogen and oxygen atoms in total. The van der Waals surface area contributed by atoms with Gasteiger partial charge in [0.1, 0.15) is 0 Å². The van der Waals surface area contributed by atoms with Gasteiger partial charge in [0.25, 0.3) is 0 Å². The maximum Gasteiger partial charge on any atom is 0.223 e. The van der Waals surface area contributed by atoms with E-state index in [0.717, 1.165) is 25.7 Å².